The number of nitrogens with one attached hydrogen (secondary N) is 2. The minimum Gasteiger partial charge on any atom is -0.353 e. The van der Waals surface area contributed by atoms with Gasteiger partial charge < -0.3 is 15.5 Å². The van der Waals surface area contributed by atoms with Crippen LogP contribution in [-0.4, -0.2) is 74.1 Å². The molecule has 5 heteroatoms. The SMILES string of the molecule is CN1CCN(C(C)(C)CNC(=O)CNCC2CC2)CC1. The highest BCUT2D eigenvalue weighted by atomic mass is 16.1. The van der Waals surface area contributed by atoms with E-state index in [-0.39, 0.29) is 11.4 Å². The highest BCUT2D eigenvalue weighted by molar-refractivity contribution is 5.78. The molecule has 2 rings (SSSR count). The van der Waals surface area contributed by atoms with Crippen LogP contribution in [0.2, 0.25) is 0 Å². The number of hydrogen-bond acceptors (Lipinski definition) is 4. The van der Waals surface area contributed by atoms with Gasteiger partial charge in [0.2, 0.25) is 5.91 Å². The number of hydrogen-bond donors (Lipinski definition) is 2. The second-order valence-corrected chi connectivity index (χ2v) is 6.95. The predicted molar refractivity (Wildman–Crippen MR) is 81.8 cm³/mol. The molecule has 0 aromatic carbocycles. The third-order valence-corrected chi connectivity index (χ3v) is 4.49. The van der Waals surface area contributed by atoms with Gasteiger partial charge >= 0.3 is 0 Å². The lowest BCUT2D eigenvalue weighted by molar-refractivity contribution is -0.120. The molecule has 0 bridgehead atoms. The largest absolute Gasteiger partial charge is 0.353 e. The van der Waals surface area contributed by atoms with Crippen LogP contribution >= 0.6 is 0 Å². The number of nitrogens with zero attached hydrogens (tertiary/aromatic N) is 2. The first kappa shape index (κ1) is 15.7. The molecule has 2 N–H and O–H groups in total. The molecule has 1 aliphatic carbocycles. The number of piperazine rings is 1. The maximum atomic E-state index is 11.8. The molecule has 1 amide bonds. The van der Waals surface area contributed by atoms with Crippen LogP contribution < -0.4 is 10.6 Å². The van der Waals surface area contributed by atoms with Gasteiger partial charge in [0.05, 0.1) is 6.54 Å². The first-order chi connectivity index (χ1) is 9.47. The van der Waals surface area contributed by atoms with E-state index < -0.39 is 0 Å². The van der Waals surface area contributed by atoms with Crippen molar-refractivity contribution in [3.63, 3.8) is 0 Å². The number of likely N-dealkylation sites (N-methyl/N-ethyl adjacent to an activating group) is 1. The lowest BCUT2D eigenvalue weighted by atomic mass is 10.0. The van der Waals surface area contributed by atoms with Crippen LogP contribution in [0.5, 0.6) is 0 Å². The summed E-state index contributed by atoms with van der Waals surface area (Å²) in [6.45, 7) is 11.0. The normalized spacial score (nSPS) is 21.9. The van der Waals surface area contributed by atoms with Gasteiger partial charge in [-0.25, -0.2) is 0 Å². The summed E-state index contributed by atoms with van der Waals surface area (Å²) in [4.78, 5) is 16.7. The zero-order chi connectivity index (χ0) is 14.6. The van der Waals surface area contributed by atoms with Gasteiger partial charge in [-0.2, -0.15) is 0 Å². The Morgan fingerprint density at radius 2 is 1.85 bits per heavy atom. The summed E-state index contributed by atoms with van der Waals surface area (Å²) in [6.07, 6.45) is 2.65. The van der Waals surface area contributed by atoms with E-state index in [1.54, 1.807) is 0 Å². The second kappa shape index (κ2) is 6.87. The quantitative estimate of drug-likeness (QED) is 0.697. The van der Waals surface area contributed by atoms with Crippen molar-refractivity contribution < 1.29 is 4.79 Å². The standard InChI is InChI=1S/C15H30N4O/c1-15(2,19-8-6-18(3)7-9-19)12-17-14(20)11-16-10-13-4-5-13/h13,16H,4-12H2,1-3H3,(H,17,20). The highest BCUT2D eigenvalue weighted by Gasteiger charge is 2.29. The molecule has 1 saturated heterocycles. The summed E-state index contributed by atoms with van der Waals surface area (Å²) >= 11 is 0. The lowest BCUT2D eigenvalue weighted by Crippen LogP contribution is -2.58. The van der Waals surface area contributed by atoms with E-state index in [1.165, 1.54) is 12.8 Å². The van der Waals surface area contributed by atoms with Gasteiger partial charge in [-0.1, -0.05) is 0 Å². The van der Waals surface area contributed by atoms with Gasteiger partial charge in [0.15, 0.2) is 0 Å². The Morgan fingerprint density at radius 1 is 1.20 bits per heavy atom. The molecule has 0 atom stereocenters. The van der Waals surface area contributed by atoms with Gasteiger partial charge in [-0.3, -0.25) is 9.69 Å². The molecule has 0 aromatic rings. The van der Waals surface area contributed by atoms with Crippen molar-refractivity contribution in [1.82, 2.24) is 20.4 Å². The number of amides is 1. The fourth-order valence-electron chi connectivity index (χ4n) is 2.61. The predicted octanol–water partition coefficient (Wildman–Crippen LogP) is 0.128. The molecule has 0 radical (unpaired) electrons. The van der Waals surface area contributed by atoms with Crippen molar-refractivity contribution in [3.8, 4) is 0 Å². The Kier molecular flexibility index (Phi) is 5.41. The summed E-state index contributed by atoms with van der Waals surface area (Å²) in [5.74, 6) is 0.942. The van der Waals surface area contributed by atoms with E-state index in [4.69, 9.17) is 0 Å². The van der Waals surface area contributed by atoms with E-state index in [0.29, 0.717) is 6.54 Å². The molecule has 2 aliphatic rings. The molecule has 0 spiro atoms. The van der Waals surface area contributed by atoms with Crippen LogP contribution in [0.1, 0.15) is 26.7 Å². The van der Waals surface area contributed by atoms with Crippen molar-refractivity contribution in [2.75, 3.05) is 52.9 Å². The lowest BCUT2D eigenvalue weighted by Gasteiger charge is -2.43. The summed E-state index contributed by atoms with van der Waals surface area (Å²) in [7, 11) is 2.16. The molecular weight excluding hydrogens is 252 g/mol. The van der Waals surface area contributed by atoms with E-state index in [2.05, 4.69) is 41.3 Å². The Morgan fingerprint density at radius 3 is 2.45 bits per heavy atom. The monoisotopic (exact) mass is 282 g/mol. The topological polar surface area (TPSA) is 47.6 Å². The third-order valence-electron chi connectivity index (χ3n) is 4.49. The number of carbonyl (C=O) groups excluding carboxylic acids is 1. The fourth-order valence-corrected chi connectivity index (χ4v) is 2.61. The van der Waals surface area contributed by atoms with Gasteiger partial charge in [-0.15, -0.1) is 0 Å². The van der Waals surface area contributed by atoms with Crippen molar-refractivity contribution >= 4 is 5.91 Å². The fraction of sp³-hybridized carbons (Fsp3) is 0.933. The first-order valence-corrected chi connectivity index (χ1v) is 7.88. The second-order valence-electron chi connectivity index (χ2n) is 6.95. The molecule has 20 heavy (non-hydrogen) atoms. The Hall–Kier alpha value is -0.650. The molecule has 2 fully saturated rings. The Balaban J connectivity index is 1.63. The average molecular weight is 282 g/mol. The summed E-state index contributed by atoms with van der Waals surface area (Å²) in [5.41, 5.74) is 0.0351. The molecule has 5 nitrogen and oxygen atoms in total. The molecule has 1 saturated carbocycles. The third kappa shape index (κ3) is 5.04. The van der Waals surface area contributed by atoms with Crippen molar-refractivity contribution in [3.05, 3.63) is 0 Å². The Bertz CT molecular complexity index is 320. The van der Waals surface area contributed by atoms with Crippen LogP contribution in [-0.2, 0) is 4.79 Å². The average Bonchev–Trinajstić information content (AvgIpc) is 3.21. The Labute approximate surface area is 123 Å². The van der Waals surface area contributed by atoms with Crippen molar-refractivity contribution in [2.24, 2.45) is 5.92 Å². The van der Waals surface area contributed by atoms with Crippen molar-refractivity contribution in [2.45, 2.75) is 32.2 Å². The van der Waals surface area contributed by atoms with Crippen LogP contribution in [0.3, 0.4) is 0 Å². The smallest absolute Gasteiger partial charge is 0.234 e. The molecule has 1 aliphatic heterocycles. The van der Waals surface area contributed by atoms with Gasteiger partial charge in [0.1, 0.15) is 0 Å². The molecule has 116 valence electrons. The molecule has 0 unspecified atom stereocenters. The maximum Gasteiger partial charge on any atom is 0.234 e. The van der Waals surface area contributed by atoms with E-state index >= 15 is 0 Å². The van der Waals surface area contributed by atoms with Crippen LogP contribution in [0, 0.1) is 5.92 Å². The minimum absolute atomic E-state index is 0.0351. The van der Waals surface area contributed by atoms with E-state index in [9.17, 15) is 4.79 Å². The molecule has 0 aromatic heterocycles. The first-order valence-electron chi connectivity index (χ1n) is 7.88. The van der Waals surface area contributed by atoms with Crippen LogP contribution in [0.15, 0.2) is 0 Å². The van der Waals surface area contributed by atoms with Gasteiger partial charge in [0, 0.05) is 38.3 Å². The van der Waals surface area contributed by atoms with E-state index in [0.717, 1.165) is 45.2 Å². The zero-order valence-corrected chi connectivity index (χ0v) is 13.2. The zero-order valence-electron chi connectivity index (χ0n) is 13.2. The summed E-state index contributed by atoms with van der Waals surface area (Å²) < 4.78 is 0. The summed E-state index contributed by atoms with van der Waals surface area (Å²) in [5, 5.41) is 6.31. The number of carbonyl (C=O) groups is 1. The maximum absolute atomic E-state index is 11.8. The number of rotatable bonds is 7. The van der Waals surface area contributed by atoms with Gasteiger partial charge in [-0.05, 0) is 46.2 Å². The van der Waals surface area contributed by atoms with Gasteiger partial charge in [0.25, 0.3) is 0 Å². The highest BCUT2D eigenvalue weighted by Crippen LogP contribution is 2.27. The van der Waals surface area contributed by atoms with Crippen molar-refractivity contribution in [1.29, 1.82) is 0 Å². The molecular formula is C15H30N4O. The minimum atomic E-state index is 0.0351. The van der Waals surface area contributed by atoms with Crippen LogP contribution in [0.4, 0.5) is 0 Å². The molecule has 1 heterocycles. The van der Waals surface area contributed by atoms with Crippen LogP contribution in [0.25, 0.3) is 0 Å². The summed E-state index contributed by atoms with van der Waals surface area (Å²) in [6, 6.07) is 0. The van der Waals surface area contributed by atoms with E-state index in [1.807, 2.05) is 0 Å².